The third kappa shape index (κ3) is 6.35. The zero-order valence-electron chi connectivity index (χ0n) is 11.9. The second-order valence-corrected chi connectivity index (χ2v) is 6.80. The van der Waals surface area contributed by atoms with E-state index in [0.717, 1.165) is 4.47 Å². The number of carbonyl (C=O) groups excluding carboxylic acids is 1. The Labute approximate surface area is 136 Å². The molecule has 2 N–H and O–H groups in total. The number of benzene rings is 1. The molecule has 1 aromatic carbocycles. The Balaban J connectivity index is 2.81. The van der Waals surface area contributed by atoms with Crippen molar-refractivity contribution in [3.63, 3.8) is 0 Å². The van der Waals surface area contributed by atoms with Crippen molar-refractivity contribution in [1.29, 1.82) is 0 Å². The zero-order chi connectivity index (χ0) is 16.2. The lowest BCUT2D eigenvalue weighted by molar-refractivity contribution is -0.139. The van der Waals surface area contributed by atoms with Crippen LogP contribution in [0.25, 0.3) is 0 Å². The monoisotopic (exact) mass is 377 g/mol. The van der Waals surface area contributed by atoms with Crippen LogP contribution in [0.5, 0.6) is 0 Å². The van der Waals surface area contributed by atoms with Crippen LogP contribution in [0, 0.1) is 0 Å². The number of hydrogen-bond donors (Lipinski definition) is 2. The molecule has 5 nitrogen and oxygen atoms in total. The summed E-state index contributed by atoms with van der Waals surface area (Å²) in [5.74, 6) is -1.16. The fourth-order valence-corrected chi connectivity index (χ4v) is 2.17. The van der Waals surface area contributed by atoms with Gasteiger partial charge in [0.05, 0.1) is 0 Å². The van der Waals surface area contributed by atoms with E-state index in [0.29, 0.717) is 10.6 Å². The van der Waals surface area contributed by atoms with Gasteiger partial charge in [-0.3, -0.25) is 0 Å². The van der Waals surface area contributed by atoms with Crippen LogP contribution in [0.1, 0.15) is 26.3 Å². The molecule has 0 aromatic heterocycles. The van der Waals surface area contributed by atoms with Crippen LogP contribution in [0.3, 0.4) is 0 Å². The maximum absolute atomic E-state index is 11.7. The number of alkyl carbamates (subject to hydrolysis) is 1. The van der Waals surface area contributed by atoms with E-state index in [1.165, 1.54) is 0 Å². The molecule has 0 bridgehead atoms. The molecule has 0 fully saturated rings. The maximum atomic E-state index is 11.7. The third-order valence-electron chi connectivity index (χ3n) is 2.42. The van der Waals surface area contributed by atoms with E-state index < -0.39 is 23.7 Å². The van der Waals surface area contributed by atoms with Gasteiger partial charge in [0.15, 0.2) is 0 Å². The average molecular weight is 379 g/mol. The van der Waals surface area contributed by atoms with Crippen molar-refractivity contribution >= 4 is 39.6 Å². The first kappa shape index (κ1) is 17.8. The number of aliphatic carboxylic acids is 1. The van der Waals surface area contributed by atoms with Crippen LogP contribution in [0.2, 0.25) is 5.02 Å². The van der Waals surface area contributed by atoms with Crippen molar-refractivity contribution in [2.75, 3.05) is 0 Å². The topological polar surface area (TPSA) is 75.6 Å². The fraction of sp³-hybridized carbons (Fsp3) is 0.429. The fourth-order valence-electron chi connectivity index (χ4n) is 1.57. The van der Waals surface area contributed by atoms with Gasteiger partial charge in [-0.15, -0.1) is 0 Å². The Morgan fingerprint density at radius 2 is 2.05 bits per heavy atom. The molecular formula is C14H17BrClNO4. The highest BCUT2D eigenvalue weighted by atomic mass is 79.9. The summed E-state index contributed by atoms with van der Waals surface area (Å²) in [6.45, 7) is 5.11. The van der Waals surface area contributed by atoms with Crippen LogP contribution < -0.4 is 5.32 Å². The van der Waals surface area contributed by atoms with Gasteiger partial charge in [-0.2, -0.15) is 0 Å². The van der Waals surface area contributed by atoms with Crippen molar-refractivity contribution < 1.29 is 19.4 Å². The van der Waals surface area contributed by atoms with Gasteiger partial charge in [0, 0.05) is 15.9 Å². The molecule has 1 amide bonds. The molecule has 0 unspecified atom stereocenters. The second kappa shape index (κ2) is 7.13. The van der Waals surface area contributed by atoms with Crippen LogP contribution in [-0.2, 0) is 16.0 Å². The first-order valence-electron chi connectivity index (χ1n) is 6.25. The SMILES string of the molecule is CC(C)(C)OC(=O)N[C@@H](Cc1cc(Br)ccc1Cl)C(=O)O. The predicted octanol–water partition coefficient (Wildman–Crippen LogP) is 3.62. The van der Waals surface area contributed by atoms with Gasteiger partial charge in [0.25, 0.3) is 0 Å². The molecule has 116 valence electrons. The largest absolute Gasteiger partial charge is 0.480 e. The summed E-state index contributed by atoms with van der Waals surface area (Å²) in [6.07, 6.45) is -0.714. The van der Waals surface area contributed by atoms with Gasteiger partial charge in [-0.1, -0.05) is 27.5 Å². The van der Waals surface area contributed by atoms with Crippen molar-refractivity contribution in [3.8, 4) is 0 Å². The van der Waals surface area contributed by atoms with E-state index in [1.807, 2.05) is 0 Å². The molecule has 0 aliphatic rings. The van der Waals surface area contributed by atoms with E-state index in [-0.39, 0.29) is 6.42 Å². The van der Waals surface area contributed by atoms with Gasteiger partial charge < -0.3 is 15.2 Å². The molecule has 1 aromatic rings. The summed E-state index contributed by atoms with van der Waals surface area (Å²) >= 11 is 9.33. The molecule has 7 heteroatoms. The number of nitrogens with one attached hydrogen (secondary N) is 1. The van der Waals surface area contributed by atoms with Crippen molar-refractivity contribution in [2.45, 2.75) is 38.8 Å². The number of rotatable bonds is 4. The summed E-state index contributed by atoms with van der Waals surface area (Å²) in [7, 11) is 0. The highest BCUT2D eigenvalue weighted by Gasteiger charge is 2.24. The highest BCUT2D eigenvalue weighted by Crippen LogP contribution is 2.22. The summed E-state index contributed by atoms with van der Waals surface area (Å²) in [5, 5.41) is 12.0. The number of ether oxygens (including phenoxy) is 1. The molecule has 0 spiro atoms. The molecule has 0 aliphatic heterocycles. The Bertz CT molecular complexity index is 542. The Morgan fingerprint density at radius 1 is 1.43 bits per heavy atom. The lowest BCUT2D eigenvalue weighted by Crippen LogP contribution is -2.44. The zero-order valence-corrected chi connectivity index (χ0v) is 14.3. The molecule has 0 aliphatic carbocycles. The van der Waals surface area contributed by atoms with Gasteiger partial charge >= 0.3 is 12.1 Å². The normalized spacial score (nSPS) is 12.6. The van der Waals surface area contributed by atoms with E-state index in [9.17, 15) is 14.7 Å². The molecular weight excluding hydrogens is 362 g/mol. The third-order valence-corrected chi connectivity index (χ3v) is 3.28. The lowest BCUT2D eigenvalue weighted by atomic mass is 10.1. The van der Waals surface area contributed by atoms with E-state index in [2.05, 4.69) is 21.2 Å². The van der Waals surface area contributed by atoms with E-state index in [4.69, 9.17) is 16.3 Å². The predicted molar refractivity (Wildman–Crippen MR) is 83.6 cm³/mol. The standard InChI is InChI=1S/C14H17BrClNO4/c1-14(2,3)21-13(20)17-11(12(18)19)7-8-6-9(15)4-5-10(8)16/h4-6,11H,7H2,1-3H3,(H,17,20)(H,18,19)/t11-/m0/s1. The minimum Gasteiger partial charge on any atom is -0.480 e. The number of halogens is 2. The van der Waals surface area contributed by atoms with Gasteiger partial charge in [0.1, 0.15) is 11.6 Å². The van der Waals surface area contributed by atoms with Gasteiger partial charge in [0.2, 0.25) is 0 Å². The summed E-state index contributed by atoms with van der Waals surface area (Å²) in [6, 6.07) is 4.01. The van der Waals surface area contributed by atoms with Crippen LogP contribution in [0.4, 0.5) is 4.79 Å². The van der Waals surface area contributed by atoms with Crippen molar-refractivity contribution in [2.24, 2.45) is 0 Å². The number of hydrogen-bond acceptors (Lipinski definition) is 3. The minimum absolute atomic E-state index is 0.0624. The summed E-state index contributed by atoms with van der Waals surface area (Å²) in [5.41, 5.74) is -0.0740. The molecule has 1 atom stereocenters. The molecule has 0 heterocycles. The highest BCUT2D eigenvalue weighted by molar-refractivity contribution is 9.10. The smallest absolute Gasteiger partial charge is 0.408 e. The summed E-state index contributed by atoms with van der Waals surface area (Å²) < 4.78 is 5.84. The van der Waals surface area contributed by atoms with Crippen LogP contribution in [0.15, 0.2) is 22.7 Å². The average Bonchev–Trinajstić information content (AvgIpc) is 2.30. The molecule has 1 rings (SSSR count). The second-order valence-electron chi connectivity index (χ2n) is 5.48. The first-order valence-corrected chi connectivity index (χ1v) is 7.42. The lowest BCUT2D eigenvalue weighted by Gasteiger charge is -2.22. The minimum atomic E-state index is -1.16. The van der Waals surface area contributed by atoms with Gasteiger partial charge in [-0.05, 0) is 44.5 Å². The number of amides is 1. The van der Waals surface area contributed by atoms with Crippen LogP contribution in [-0.4, -0.2) is 28.8 Å². The number of carbonyl (C=O) groups is 2. The molecule has 0 saturated carbocycles. The molecule has 0 saturated heterocycles. The van der Waals surface area contributed by atoms with Crippen molar-refractivity contribution in [3.05, 3.63) is 33.3 Å². The molecule has 0 radical (unpaired) electrons. The Hall–Kier alpha value is -1.27. The molecule has 21 heavy (non-hydrogen) atoms. The Kier molecular flexibility index (Phi) is 6.04. The number of carboxylic acids is 1. The number of carboxylic acid groups (broad SMARTS) is 1. The van der Waals surface area contributed by atoms with Gasteiger partial charge in [-0.25, -0.2) is 9.59 Å². The quantitative estimate of drug-likeness (QED) is 0.839. The van der Waals surface area contributed by atoms with Crippen molar-refractivity contribution in [1.82, 2.24) is 5.32 Å². The van der Waals surface area contributed by atoms with Crippen LogP contribution >= 0.6 is 27.5 Å². The first-order chi connectivity index (χ1) is 9.58. The van der Waals surface area contributed by atoms with E-state index >= 15 is 0 Å². The van der Waals surface area contributed by atoms with E-state index in [1.54, 1.807) is 39.0 Å². The maximum Gasteiger partial charge on any atom is 0.408 e. The Morgan fingerprint density at radius 3 is 2.57 bits per heavy atom. The summed E-state index contributed by atoms with van der Waals surface area (Å²) in [4.78, 5) is 23.0.